The summed E-state index contributed by atoms with van der Waals surface area (Å²) in [6, 6.07) is 22.2. The van der Waals surface area contributed by atoms with E-state index in [9.17, 15) is 0 Å². The molecule has 2 aliphatic carbocycles. The standard InChI is InChI=1S/C37H30N4/c1-2-3-4-9-23-16-18-31-30(20-23)26-12-7-13-27(36(26)40-31)33-21-38-22-34(39-33)28-14-8-15-29-35-25-11-6-5-10-24(25)17-19-32(35)41-37(28)29/h2-6,8-11,13-22,32,35,40-41H,7,12H2,1H3/b3-2-,9-4-. The van der Waals surface area contributed by atoms with Crippen LogP contribution < -0.4 is 5.32 Å². The number of anilines is 1. The van der Waals surface area contributed by atoms with Crippen molar-refractivity contribution in [2.45, 2.75) is 31.7 Å². The van der Waals surface area contributed by atoms with Gasteiger partial charge in [0.25, 0.3) is 0 Å². The van der Waals surface area contributed by atoms with E-state index in [0.717, 1.165) is 52.3 Å². The van der Waals surface area contributed by atoms with Gasteiger partial charge in [-0.15, -0.1) is 0 Å². The van der Waals surface area contributed by atoms with E-state index in [-0.39, 0.29) is 6.04 Å². The molecule has 4 nitrogen and oxygen atoms in total. The first-order valence-electron chi connectivity index (χ1n) is 14.4. The highest BCUT2D eigenvalue weighted by molar-refractivity contribution is 5.94. The highest BCUT2D eigenvalue weighted by Gasteiger charge is 2.36. The van der Waals surface area contributed by atoms with Crippen LogP contribution in [0.15, 0.2) is 103 Å². The van der Waals surface area contributed by atoms with Crippen LogP contribution in [0.2, 0.25) is 0 Å². The monoisotopic (exact) mass is 530 g/mol. The Morgan fingerprint density at radius 2 is 1.83 bits per heavy atom. The van der Waals surface area contributed by atoms with E-state index >= 15 is 0 Å². The number of aromatic amines is 1. The SMILES string of the molecule is C/C=C\C=C/c1ccc2[nH]c3c(c2c1)CCC=C3c1cncc(-c2cccc3c2NC2C=Cc4ccccc4C32)n1. The number of rotatable bonds is 4. The molecule has 3 aliphatic rings. The zero-order chi connectivity index (χ0) is 27.3. The molecule has 41 heavy (non-hydrogen) atoms. The predicted molar refractivity (Wildman–Crippen MR) is 170 cm³/mol. The smallest absolute Gasteiger partial charge is 0.0913 e. The number of benzene rings is 3. The molecule has 8 rings (SSSR count). The maximum atomic E-state index is 5.21. The summed E-state index contributed by atoms with van der Waals surface area (Å²) in [5.41, 5.74) is 14.1. The van der Waals surface area contributed by atoms with Crippen molar-refractivity contribution in [3.8, 4) is 11.3 Å². The van der Waals surface area contributed by atoms with E-state index < -0.39 is 0 Å². The lowest BCUT2D eigenvalue weighted by molar-refractivity contribution is 0.778. The second kappa shape index (κ2) is 9.60. The molecule has 0 amide bonds. The van der Waals surface area contributed by atoms with Gasteiger partial charge in [-0.05, 0) is 59.7 Å². The van der Waals surface area contributed by atoms with Gasteiger partial charge in [0, 0.05) is 33.6 Å². The lowest BCUT2D eigenvalue weighted by Crippen LogP contribution is -2.21. The van der Waals surface area contributed by atoms with Gasteiger partial charge in [-0.25, -0.2) is 4.98 Å². The van der Waals surface area contributed by atoms with Crippen molar-refractivity contribution in [2.24, 2.45) is 0 Å². The minimum atomic E-state index is 0.241. The fourth-order valence-corrected chi connectivity index (χ4v) is 6.78. The van der Waals surface area contributed by atoms with Gasteiger partial charge in [0.1, 0.15) is 0 Å². The van der Waals surface area contributed by atoms with Crippen LogP contribution in [0, 0.1) is 0 Å². The van der Waals surface area contributed by atoms with Crippen LogP contribution in [-0.4, -0.2) is 21.0 Å². The number of nitrogens with zero attached hydrogens (tertiary/aromatic N) is 2. The van der Waals surface area contributed by atoms with Gasteiger partial charge in [-0.2, -0.15) is 0 Å². The largest absolute Gasteiger partial charge is 0.377 e. The Morgan fingerprint density at radius 3 is 2.78 bits per heavy atom. The summed E-state index contributed by atoms with van der Waals surface area (Å²) in [7, 11) is 0. The van der Waals surface area contributed by atoms with Crippen LogP contribution in [-0.2, 0) is 6.42 Å². The first kappa shape index (κ1) is 23.9. The van der Waals surface area contributed by atoms with Gasteiger partial charge in [0.2, 0.25) is 0 Å². The summed E-state index contributed by atoms with van der Waals surface area (Å²) in [4.78, 5) is 13.6. The summed E-state index contributed by atoms with van der Waals surface area (Å²) in [5.74, 6) is 0.301. The van der Waals surface area contributed by atoms with Gasteiger partial charge in [-0.1, -0.05) is 91.1 Å². The molecule has 0 radical (unpaired) electrons. The number of para-hydroxylation sites is 1. The second-order valence-electron chi connectivity index (χ2n) is 11.0. The molecule has 198 valence electrons. The van der Waals surface area contributed by atoms with E-state index in [1.807, 2.05) is 25.4 Å². The minimum absolute atomic E-state index is 0.241. The number of hydrogen-bond acceptors (Lipinski definition) is 3. The summed E-state index contributed by atoms with van der Waals surface area (Å²) in [6.07, 6.45) is 21.0. The fraction of sp³-hybridized carbons (Fsp3) is 0.135. The van der Waals surface area contributed by atoms with E-state index in [1.165, 1.54) is 33.2 Å². The first-order chi connectivity index (χ1) is 20.3. The van der Waals surface area contributed by atoms with Gasteiger partial charge in [-0.3, -0.25) is 4.98 Å². The maximum Gasteiger partial charge on any atom is 0.0913 e. The molecule has 0 bridgehead atoms. The van der Waals surface area contributed by atoms with E-state index in [4.69, 9.17) is 9.97 Å². The van der Waals surface area contributed by atoms with Crippen molar-refractivity contribution in [1.82, 2.24) is 15.0 Å². The first-order valence-corrected chi connectivity index (χ1v) is 14.4. The van der Waals surface area contributed by atoms with Crippen molar-refractivity contribution in [3.05, 3.63) is 143 Å². The van der Waals surface area contributed by atoms with Crippen LogP contribution in [0.25, 0.3) is 39.9 Å². The second-order valence-corrected chi connectivity index (χ2v) is 11.0. The molecule has 3 heterocycles. The molecule has 5 aromatic rings. The fourth-order valence-electron chi connectivity index (χ4n) is 6.78. The van der Waals surface area contributed by atoms with E-state index in [0.29, 0.717) is 5.92 Å². The van der Waals surface area contributed by atoms with Crippen LogP contribution >= 0.6 is 0 Å². The normalized spacial score (nSPS) is 18.7. The highest BCUT2D eigenvalue weighted by Crippen LogP contribution is 2.48. The van der Waals surface area contributed by atoms with Crippen molar-refractivity contribution in [2.75, 3.05) is 5.32 Å². The number of aromatic nitrogens is 3. The summed E-state index contributed by atoms with van der Waals surface area (Å²) in [6.45, 7) is 2.03. The van der Waals surface area contributed by atoms with Crippen LogP contribution in [0.4, 0.5) is 5.69 Å². The molecule has 2 atom stereocenters. The molecule has 0 spiro atoms. The third kappa shape index (κ3) is 3.90. The Morgan fingerprint density at radius 1 is 0.927 bits per heavy atom. The average Bonchev–Trinajstić information content (AvgIpc) is 3.60. The Labute approximate surface area is 239 Å². The lowest BCUT2D eigenvalue weighted by Gasteiger charge is -2.23. The molecular formula is C37H30N4. The Kier molecular flexibility index (Phi) is 5.59. The zero-order valence-electron chi connectivity index (χ0n) is 22.9. The third-order valence-corrected chi connectivity index (χ3v) is 8.64. The van der Waals surface area contributed by atoms with Gasteiger partial charge in [0.05, 0.1) is 35.5 Å². The van der Waals surface area contributed by atoms with Crippen LogP contribution in [0.1, 0.15) is 58.5 Å². The van der Waals surface area contributed by atoms with Gasteiger partial charge < -0.3 is 10.3 Å². The molecule has 2 aromatic heterocycles. The topological polar surface area (TPSA) is 53.6 Å². The number of nitrogens with one attached hydrogen (secondary N) is 2. The predicted octanol–water partition coefficient (Wildman–Crippen LogP) is 8.54. The van der Waals surface area contributed by atoms with E-state index in [2.05, 4.69) is 107 Å². The number of hydrogen-bond donors (Lipinski definition) is 2. The number of fused-ring (bicyclic) bond motifs is 8. The third-order valence-electron chi connectivity index (χ3n) is 8.64. The Hall–Kier alpha value is -4.96. The number of allylic oxidation sites excluding steroid dienone is 4. The molecule has 0 fully saturated rings. The average molecular weight is 531 g/mol. The maximum absolute atomic E-state index is 5.21. The van der Waals surface area contributed by atoms with Gasteiger partial charge in [0.15, 0.2) is 0 Å². The molecule has 3 aromatic carbocycles. The number of H-pyrrole nitrogens is 1. The Bertz CT molecular complexity index is 1950. The molecule has 2 unspecified atom stereocenters. The molecule has 4 heteroatoms. The van der Waals surface area contributed by atoms with Crippen LogP contribution in [0.5, 0.6) is 0 Å². The summed E-state index contributed by atoms with van der Waals surface area (Å²) in [5, 5.41) is 5.11. The minimum Gasteiger partial charge on any atom is -0.377 e. The van der Waals surface area contributed by atoms with Crippen molar-refractivity contribution in [1.29, 1.82) is 0 Å². The summed E-state index contributed by atoms with van der Waals surface area (Å²) < 4.78 is 0. The van der Waals surface area contributed by atoms with Crippen molar-refractivity contribution < 1.29 is 0 Å². The molecular weight excluding hydrogens is 500 g/mol. The van der Waals surface area contributed by atoms with E-state index in [1.54, 1.807) is 0 Å². The molecule has 2 N–H and O–H groups in total. The Balaban J connectivity index is 1.18. The molecule has 0 saturated carbocycles. The quantitative estimate of drug-likeness (QED) is 0.229. The molecule has 1 aliphatic heterocycles. The van der Waals surface area contributed by atoms with Crippen molar-refractivity contribution in [3.63, 3.8) is 0 Å². The summed E-state index contributed by atoms with van der Waals surface area (Å²) >= 11 is 0. The lowest BCUT2D eigenvalue weighted by atomic mass is 9.81. The van der Waals surface area contributed by atoms with Crippen LogP contribution in [0.3, 0.4) is 0 Å². The van der Waals surface area contributed by atoms with Crippen molar-refractivity contribution >= 4 is 34.3 Å². The zero-order valence-corrected chi connectivity index (χ0v) is 22.9. The highest BCUT2D eigenvalue weighted by atomic mass is 15.0. The molecule has 0 saturated heterocycles. The van der Waals surface area contributed by atoms with Gasteiger partial charge >= 0.3 is 0 Å². The number of aryl methyl sites for hydroxylation is 1.